The largest absolute Gasteiger partial charge is 0.463 e. The minimum Gasteiger partial charge on any atom is -0.463 e. The van der Waals surface area contributed by atoms with Gasteiger partial charge in [-0.1, -0.05) is 17.7 Å². The Kier molecular flexibility index (Phi) is 4.33. The molecule has 0 aliphatic carbocycles. The van der Waals surface area contributed by atoms with Crippen molar-refractivity contribution in [3.8, 4) is 0 Å². The maximum atomic E-state index is 5.85. The van der Waals surface area contributed by atoms with Crippen molar-refractivity contribution in [2.45, 2.75) is 0 Å². The highest BCUT2D eigenvalue weighted by molar-refractivity contribution is 7.80. The van der Waals surface area contributed by atoms with Crippen molar-refractivity contribution >= 4 is 40.8 Å². The Labute approximate surface area is 115 Å². The molecular weight excluding hydrogens is 270 g/mol. The summed E-state index contributed by atoms with van der Waals surface area (Å²) >= 11 is 10.9. The van der Waals surface area contributed by atoms with Crippen LogP contribution in [0, 0.1) is 0 Å². The minimum absolute atomic E-state index is 0.375. The topological polar surface area (TPSA) is 49.6 Å². The van der Waals surface area contributed by atoms with Gasteiger partial charge in [-0.3, -0.25) is 5.43 Å². The van der Waals surface area contributed by atoms with Gasteiger partial charge < -0.3 is 9.73 Å². The van der Waals surface area contributed by atoms with Gasteiger partial charge in [-0.2, -0.15) is 5.10 Å². The number of benzene rings is 1. The molecule has 2 aromatic rings. The third kappa shape index (κ3) is 3.87. The van der Waals surface area contributed by atoms with Crippen LogP contribution >= 0.6 is 23.8 Å². The quantitative estimate of drug-likeness (QED) is 0.514. The first-order valence-electron chi connectivity index (χ1n) is 5.13. The first-order valence-corrected chi connectivity index (χ1v) is 5.92. The van der Waals surface area contributed by atoms with Gasteiger partial charge in [0.05, 0.1) is 12.5 Å². The molecule has 1 aromatic carbocycles. The molecule has 0 fully saturated rings. The van der Waals surface area contributed by atoms with E-state index in [2.05, 4.69) is 15.8 Å². The molecular formula is C12H10ClN3OS. The van der Waals surface area contributed by atoms with Gasteiger partial charge in [0.25, 0.3) is 0 Å². The van der Waals surface area contributed by atoms with E-state index in [1.807, 2.05) is 12.1 Å². The highest BCUT2D eigenvalue weighted by atomic mass is 35.5. The van der Waals surface area contributed by atoms with Crippen LogP contribution in [0.5, 0.6) is 0 Å². The van der Waals surface area contributed by atoms with Crippen molar-refractivity contribution in [2.75, 3.05) is 5.32 Å². The Hall–Kier alpha value is -1.85. The Morgan fingerprint density at radius 3 is 2.94 bits per heavy atom. The van der Waals surface area contributed by atoms with E-state index in [9.17, 15) is 0 Å². The molecule has 1 heterocycles. The van der Waals surface area contributed by atoms with E-state index in [1.54, 1.807) is 30.5 Å². The van der Waals surface area contributed by atoms with Crippen LogP contribution < -0.4 is 10.7 Å². The molecule has 0 aliphatic heterocycles. The normalized spacial score (nSPS) is 10.5. The molecule has 2 rings (SSSR count). The molecule has 0 saturated carbocycles. The maximum absolute atomic E-state index is 5.85. The molecule has 18 heavy (non-hydrogen) atoms. The zero-order valence-corrected chi connectivity index (χ0v) is 10.8. The average Bonchev–Trinajstić information content (AvgIpc) is 2.82. The lowest BCUT2D eigenvalue weighted by molar-refractivity contribution is 0.560. The molecule has 0 bridgehead atoms. The van der Waals surface area contributed by atoms with Crippen molar-refractivity contribution in [1.29, 1.82) is 0 Å². The van der Waals surface area contributed by atoms with E-state index in [-0.39, 0.29) is 0 Å². The van der Waals surface area contributed by atoms with E-state index in [4.69, 9.17) is 28.2 Å². The number of anilines is 1. The summed E-state index contributed by atoms with van der Waals surface area (Å²) in [4.78, 5) is 0. The number of nitrogens with one attached hydrogen (secondary N) is 2. The fraction of sp³-hybridized carbons (Fsp3) is 0. The molecule has 1 aromatic heterocycles. The van der Waals surface area contributed by atoms with Crippen LogP contribution in [0.2, 0.25) is 5.02 Å². The fourth-order valence-corrected chi connectivity index (χ4v) is 1.61. The van der Waals surface area contributed by atoms with Crippen molar-refractivity contribution in [3.05, 3.63) is 53.4 Å². The van der Waals surface area contributed by atoms with Crippen LogP contribution in [0.3, 0.4) is 0 Å². The van der Waals surface area contributed by atoms with Crippen molar-refractivity contribution < 1.29 is 4.42 Å². The SMILES string of the molecule is S=C(NN=Cc1ccco1)Nc1cccc(Cl)c1. The number of nitrogens with zero attached hydrogens (tertiary/aromatic N) is 1. The van der Waals surface area contributed by atoms with Crippen LogP contribution in [-0.2, 0) is 0 Å². The van der Waals surface area contributed by atoms with Gasteiger partial charge in [0.2, 0.25) is 0 Å². The second kappa shape index (κ2) is 6.18. The van der Waals surface area contributed by atoms with E-state index in [0.29, 0.717) is 15.9 Å². The maximum Gasteiger partial charge on any atom is 0.191 e. The van der Waals surface area contributed by atoms with E-state index >= 15 is 0 Å². The summed E-state index contributed by atoms with van der Waals surface area (Å²) in [6.45, 7) is 0. The second-order valence-electron chi connectivity index (χ2n) is 3.35. The highest BCUT2D eigenvalue weighted by Crippen LogP contribution is 2.14. The number of thiocarbonyl (C=S) groups is 1. The van der Waals surface area contributed by atoms with Gasteiger partial charge in [0, 0.05) is 10.7 Å². The summed E-state index contributed by atoms with van der Waals surface area (Å²) in [7, 11) is 0. The predicted molar refractivity (Wildman–Crippen MR) is 77.1 cm³/mol. The van der Waals surface area contributed by atoms with Crippen LogP contribution in [0.25, 0.3) is 0 Å². The van der Waals surface area contributed by atoms with Crippen LogP contribution in [0.1, 0.15) is 5.76 Å². The van der Waals surface area contributed by atoms with Crippen molar-refractivity contribution in [2.24, 2.45) is 5.10 Å². The van der Waals surface area contributed by atoms with E-state index in [0.717, 1.165) is 5.69 Å². The summed E-state index contributed by atoms with van der Waals surface area (Å²) in [5.41, 5.74) is 3.47. The molecule has 0 aliphatic rings. The summed E-state index contributed by atoms with van der Waals surface area (Å²) < 4.78 is 5.08. The van der Waals surface area contributed by atoms with Crippen molar-refractivity contribution in [1.82, 2.24) is 5.43 Å². The third-order valence-electron chi connectivity index (χ3n) is 1.98. The van der Waals surface area contributed by atoms with Gasteiger partial charge in [-0.15, -0.1) is 0 Å². The van der Waals surface area contributed by atoms with Gasteiger partial charge in [-0.05, 0) is 42.5 Å². The lowest BCUT2D eigenvalue weighted by Crippen LogP contribution is -2.23. The zero-order chi connectivity index (χ0) is 12.8. The molecule has 92 valence electrons. The van der Waals surface area contributed by atoms with Crippen LogP contribution in [0.15, 0.2) is 52.2 Å². The standard InChI is InChI=1S/C12H10ClN3OS/c13-9-3-1-4-10(7-9)15-12(18)16-14-8-11-5-2-6-17-11/h1-8H,(H2,15,16,18). The second-order valence-corrected chi connectivity index (χ2v) is 4.19. The smallest absolute Gasteiger partial charge is 0.191 e. The molecule has 0 amide bonds. The number of rotatable bonds is 3. The molecule has 2 N–H and O–H groups in total. The number of hydrogen-bond donors (Lipinski definition) is 2. The van der Waals surface area contributed by atoms with Gasteiger partial charge in [0.1, 0.15) is 5.76 Å². The summed E-state index contributed by atoms with van der Waals surface area (Å²) in [5.74, 6) is 0.646. The third-order valence-corrected chi connectivity index (χ3v) is 2.41. The Bertz CT molecular complexity index is 554. The molecule has 0 atom stereocenters. The van der Waals surface area contributed by atoms with Gasteiger partial charge in [0.15, 0.2) is 5.11 Å². The average molecular weight is 280 g/mol. The molecule has 4 nitrogen and oxygen atoms in total. The zero-order valence-electron chi connectivity index (χ0n) is 9.26. The molecule has 0 unspecified atom stereocenters. The van der Waals surface area contributed by atoms with Crippen LogP contribution in [-0.4, -0.2) is 11.3 Å². The summed E-state index contributed by atoms with van der Waals surface area (Å²) in [6, 6.07) is 10.8. The molecule has 0 saturated heterocycles. The molecule has 0 radical (unpaired) electrons. The molecule has 6 heteroatoms. The summed E-state index contributed by atoms with van der Waals surface area (Å²) in [5, 5.41) is 7.90. The number of halogens is 1. The molecule has 0 spiro atoms. The lowest BCUT2D eigenvalue weighted by Gasteiger charge is -2.06. The lowest BCUT2D eigenvalue weighted by atomic mass is 10.3. The van der Waals surface area contributed by atoms with E-state index in [1.165, 1.54) is 6.21 Å². The first-order chi connectivity index (χ1) is 8.74. The fourth-order valence-electron chi connectivity index (χ4n) is 1.24. The number of hydrazone groups is 1. The Balaban J connectivity index is 1.86. The van der Waals surface area contributed by atoms with E-state index < -0.39 is 0 Å². The number of hydrogen-bond acceptors (Lipinski definition) is 3. The minimum atomic E-state index is 0.375. The Morgan fingerprint density at radius 2 is 2.22 bits per heavy atom. The van der Waals surface area contributed by atoms with Gasteiger partial charge >= 0.3 is 0 Å². The summed E-state index contributed by atoms with van der Waals surface area (Å²) in [6.07, 6.45) is 3.11. The predicted octanol–water partition coefficient (Wildman–Crippen LogP) is 3.25. The Morgan fingerprint density at radius 1 is 1.33 bits per heavy atom. The van der Waals surface area contributed by atoms with Crippen molar-refractivity contribution in [3.63, 3.8) is 0 Å². The highest BCUT2D eigenvalue weighted by Gasteiger charge is 1.96. The monoisotopic (exact) mass is 279 g/mol. The van der Waals surface area contributed by atoms with Crippen LogP contribution in [0.4, 0.5) is 5.69 Å². The first kappa shape index (κ1) is 12.6. The number of furan rings is 1. The van der Waals surface area contributed by atoms with Gasteiger partial charge in [-0.25, -0.2) is 0 Å².